The second-order valence-electron chi connectivity index (χ2n) is 4.87. The molecule has 2 aromatic rings. The molecule has 1 aromatic carbocycles. The number of anilines is 1. The van der Waals surface area contributed by atoms with Crippen LogP contribution in [0.15, 0.2) is 30.6 Å². The van der Waals surface area contributed by atoms with Crippen molar-refractivity contribution >= 4 is 11.6 Å². The third kappa shape index (κ3) is 4.73. The van der Waals surface area contributed by atoms with E-state index in [-0.39, 0.29) is 5.91 Å². The number of carbonyl (C=O) groups excluding carboxylic acids is 1. The first-order valence-corrected chi connectivity index (χ1v) is 7.99. The van der Waals surface area contributed by atoms with Crippen LogP contribution in [0.2, 0.25) is 0 Å². The van der Waals surface area contributed by atoms with E-state index in [1.807, 2.05) is 20.8 Å². The second-order valence-corrected chi connectivity index (χ2v) is 4.87. The summed E-state index contributed by atoms with van der Waals surface area (Å²) in [5.74, 6) is 0.939. The van der Waals surface area contributed by atoms with Gasteiger partial charge in [0, 0.05) is 12.2 Å². The molecule has 1 amide bonds. The van der Waals surface area contributed by atoms with E-state index in [9.17, 15) is 4.79 Å². The summed E-state index contributed by atoms with van der Waals surface area (Å²) in [6.07, 6.45) is 3.29. The molecule has 1 N–H and O–H groups in total. The zero-order valence-corrected chi connectivity index (χ0v) is 14.2. The standard InChI is InChI=1S/C17H23N3O4/c1-4-22-12-20-11-14(10-18-20)19-17(21)13-7-8-15(23-5-2)16(9-13)24-6-3/h7-11H,4-6,12H2,1-3H3,(H,19,21). The summed E-state index contributed by atoms with van der Waals surface area (Å²) in [5, 5.41) is 6.92. The molecular weight excluding hydrogens is 310 g/mol. The number of nitrogens with zero attached hydrogens (tertiary/aromatic N) is 2. The smallest absolute Gasteiger partial charge is 0.255 e. The van der Waals surface area contributed by atoms with Gasteiger partial charge in [-0.2, -0.15) is 5.10 Å². The zero-order valence-electron chi connectivity index (χ0n) is 14.2. The Hall–Kier alpha value is -2.54. The van der Waals surface area contributed by atoms with Crippen molar-refractivity contribution in [2.24, 2.45) is 0 Å². The lowest BCUT2D eigenvalue weighted by Crippen LogP contribution is -2.12. The van der Waals surface area contributed by atoms with Gasteiger partial charge in [-0.25, -0.2) is 4.68 Å². The number of amides is 1. The van der Waals surface area contributed by atoms with E-state index in [0.717, 1.165) is 0 Å². The molecule has 7 nitrogen and oxygen atoms in total. The van der Waals surface area contributed by atoms with Crippen LogP contribution in [0.4, 0.5) is 5.69 Å². The van der Waals surface area contributed by atoms with Gasteiger partial charge in [0.25, 0.3) is 5.91 Å². The molecule has 130 valence electrons. The summed E-state index contributed by atoms with van der Waals surface area (Å²) in [4.78, 5) is 12.4. The van der Waals surface area contributed by atoms with Crippen LogP contribution in [-0.4, -0.2) is 35.5 Å². The number of aromatic nitrogens is 2. The lowest BCUT2D eigenvalue weighted by molar-refractivity contribution is 0.0792. The third-order valence-corrected chi connectivity index (χ3v) is 3.12. The maximum absolute atomic E-state index is 12.4. The van der Waals surface area contributed by atoms with Crippen LogP contribution in [0.25, 0.3) is 0 Å². The van der Waals surface area contributed by atoms with Gasteiger partial charge in [0.1, 0.15) is 6.73 Å². The minimum atomic E-state index is -0.241. The van der Waals surface area contributed by atoms with Crippen molar-refractivity contribution in [2.75, 3.05) is 25.1 Å². The highest BCUT2D eigenvalue weighted by atomic mass is 16.5. The van der Waals surface area contributed by atoms with Crippen molar-refractivity contribution in [3.05, 3.63) is 36.2 Å². The number of benzene rings is 1. The van der Waals surface area contributed by atoms with Gasteiger partial charge in [0.2, 0.25) is 0 Å². The van der Waals surface area contributed by atoms with E-state index in [0.29, 0.717) is 49.3 Å². The van der Waals surface area contributed by atoms with Crippen LogP contribution in [0.5, 0.6) is 11.5 Å². The van der Waals surface area contributed by atoms with Crippen molar-refractivity contribution < 1.29 is 19.0 Å². The van der Waals surface area contributed by atoms with E-state index in [4.69, 9.17) is 14.2 Å². The van der Waals surface area contributed by atoms with Gasteiger partial charge in [-0.15, -0.1) is 0 Å². The normalized spacial score (nSPS) is 10.5. The Morgan fingerprint density at radius 1 is 1.12 bits per heavy atom. The molecule has 0 fully saturated rings. The molecule has 1 aromatic heterocycles. The van der Waals surface area contributed by atoms with Crippen LogP contribution >= 0.6 is 0 Å². The Balaban J connectivity index is 2.08. The summed E-state index contributed by atoms with van der Waals surface area (Å²) >= 11 is 0. The first kappa shape index (κ1) is 17.8. The number of hydrogen-bond donors (Lipinski definition) is 1. The Morgan fingerprint density at radius 3 is 2.58 bits per heavy atom. The van der Waals surface area contributed by atoms with Crippen molar-refractivity contribution in [1.82, 2.24) is 9.78 Å². The molecule has 7 heteroatoms. The lowest BCUT2D eigenvalue weighted by Gasteiger charge is -2.12. The van der Waals surface area contributed by atoms with Crippen LogP contribution < -0.4 is 14.8 Å². The van der Waals surface area contributed by atoms with E-state index >= 15 is 0 Å². The largest absolute Gasteiger partial charge is 0.490 e. The van der Waals surface area contributed by atoms with Crippen molar-refractivity contribution in [3.63, 3.8) is 0 Å². The van der Waals surface area contributed by atoms with E-state index < -0.39 is 0 Å². The summed E-state index contributed by atoms with van der Waals surface area (Å²) in [7, 11) is 0. The molecule has 0 aliphatic rings. The predicted molar refractivity (Wildman–Crippen MR) is 90.6 cm³/mol. The van der Waals surface area contributed by atoms with E-state index in [1.54, 1.807) is 35.3 Å². The molecule has 0 saturated carbocycles. The molecule has 0 atom stereocenters. The van der Waals surface area contributed by atoms with Gasteiger partial charge < -0.3 is 19.5 Å². The summed E-state index contributed by atoms with van der Waals surface area (Å²) in [6, 6.07) is 5.11. The van der Waals surface area contributed by atoms with Crippen molar-refractivity contribution in [3.8, 4) is 11.5 Å². The Kier molecular flexibility index (Phi) is 6.62. The fourth-order valence-electron chi connectivity index (χ4n) is 2.08. The van der Waals surface area contributed by atoms with Crippen molar-refractivity contribution in [1.29, 1.82) is 0 Å². The number of hydrogen-bond acceptors (Lipinski definition) is 5. The average molecular weight is 333 g/mol. The van der Waals surface area contributed by atoms with E-state index in [1.165, 1.54) is 0 Å². The zero-order chi connectivity index (χ0) is 17.4. The average Bonchev–Trinajstić information content (AvgIpc) is 3.02. The maximum atomic E-state index is 12.4. The number of rotatable bonds is 9. The van der Waals surface area contributed by atoms with Crippen LogP contribution in [0.3, 0.4) is 0 Å². The minimum Gasteiger partial charge on any atom is -0.490 e. The van der Waals surface area contributed by atoms with Gasteiger partial charge in [0.15, 0.2) is 11.5 Å². The quantitative estimate of drug-likeness (QED) is 0.764. The first-order chi connectivity index (χ1) is 11.7. The lowest BCUT2D eigenvalue weighted by atomic mass is 10.2. The molecule has 0 bridgehead atoms. The highest BCUT2D eigenvalue weighted by Crippen LogP contribution is 2.28. The van der Waals surface area contributed by atoms with Gasteiger partial charge in [-0.05, 0) is 39.0 Å². The molecule has 0 aliphatic heterocycles. The molecule has 1 heterocycles. The van der Waals surface area contributed by atoms with Crippen LogP contribution in [-0.2, 0) is 11.5 Å². The van der Waals surface area contributed by atoms with Crippen molar-refractivity contribution in [2.45, 2.75) is 27.5 Å². The predicted octanol–water partition coefficient (Wildman–Crippen LogP) is 2.93. The molecule has 0 saturated heterocycles. The monoisotopic (exact) mass is 333 g/mol. The molecule has 0 radical (unpaired) electrons. The highest BCUT2D eigenvalue weighted by Gasteiger charge is 2.12. The Labute approximate surface area is 141 Å². The SMILES string of the molecule is CCOCn1cc(NC(=O)c2ccc(OCC)c(OCC)c2)cn1. The second kappa shape index (κ2) is 8.93. The van der Waals surface area contributed by atoms with Crippen LogP contribution in [0, 0.1) is 0 Å². The molecule has 0 spiro atoms. The fourth-order valence-corrected chi connectivity index (χ4v) is 2.08. The van der Waals surface area contributed by atoms with Gasteiger partial charge in [-0.3, -0.25) is 4.79 Å². The number of carbonyl (C=O) groups is 1. The molecule has 24 heavy (non-hydrogen) atoms. The number of ether oxygens (including phenoxy) is 3. The Morgan fingerprint density at radius 2 is 1.88 bits per heavy atom. The summed E-state index contributed by atoms with van der Waals surface area (Å²) < 4.78 is 17.9. The van der Waals surface area contributed by atoms with Crippen LogP contribution in [0.1, 0.15) is 31.1 Å². The summed E-state index contributed by atoms with van der Waals surface area (Å²) in [5.41, 5.74) is 1.09. The molecule has 2 rings (SSSR count). The summed E-state index contributed by atoms with van der Waals surface area (Å²) in [6.45, 7) is 7.68. The topological polar surface area (TPSA) is 74.6 Å². The van der Waals surface area contributed by atoms with Gasteiger partial charge in [-0.1, -0.05) is 0 Å². The molecular formula is C17H23N3O4. The number of nitrogens with one attached hydrogen (secondary N) is 1. The molecule has 0 aliphatic carbocycles. The highest BCUT2D eigenvalue weighted by molar-refractivity contribution is 6.04. The molecule has 0 unspecified atom stereocenters. The Bertz CT molecular complexity index is 670. The first-order valence-electron chi connectivity index (χ1n) is 7.99. The third-order valence-electron chi connectivity index (χ3n) is 3.12. The van der Waals surface area contributed by atoms with Gasteiger partial charge in [0.05, 0.1) is 31.3 Å². The van der Waals surface area contributed by atoms with Gasteiger partial charge >= 0.3 is 0 Å². The minimum absolute atomic E-state index is 0.241. The maximum Gasteiger partial charge on any atom is 0.255 e. The fraction of sp³-hybridized carbons (Fsp3) is 0.412. The van der Waals surface area contributed by atoms with E-state index in [2.05, 4.69) is 10.4 Å².